The number of aromatic hydroxyl groups is 1. The van der Waals surface area contributed by atoms with Crippen LogP contribution < -0.4 is 9.47 Å². The van der Waals surface area contributed by atoms with Gasteiger partial charge in [-0.05, 0) is 103 Å². The van der Waals surface area contributed by atoms with Gasteiger partial charge in [0.2, 0.25) is 11.8 Å². The summed E-state index contributed by atoms with van der Waals surface area (Å²) in [4.78, 5) is 39.3. The first-order valence-electron chi connectivity index (χ1n) is 15.5. The SMILES string of the molecule is COc1cc(/C=C(\C)CC[C@@H](O)C2=C(COc3ccccc3)C[C@H]3C(=O)N(CCCCCC(=O)O)C(=O)[C@H]3[C@H]2CO)cc(I)c1O. The Morgan fingerprint density at radius 1 is 1.11 bits per heavy atom. The minimum absolute atomic E-state index is 0.0345. The highest BCUT2D eigenvalue weighted by Gasteiger charge is 2.54. The molecule has 1 aliphatic heterocycles. The number of phenolic OH excluding ortho intramolecular Hbond substituents is 1. The molecule has 4 rings (SSSR count). The number of carbonyl (C=O) groups is 3. The van der Waals surface area contributed by atoms with E-state index >= 15 is 0 Å². The number of carboxylic acids is 1. The largest absolute Gasteiger partial charge is 0.504 e. The number of methoxy groups -OCH3 is 1. The molecule has 4 atom stereocenters. The third kappa shape index (κ3) is 8.48. The van der Waals surface area contributed by atoms with Crippen LogP contribution in [0.15, 0.2) is 59.2 Å². The second-order valence-corrected chi connectivity index (χ2v) is 13.1. The molecule has 0 radical (unpaired) electrons. The number of nitrogens with zero attached hydrogens (tertiary/aromatic N) is 1. The van der Waals surface area contributed by atoms with Crippen molar-refractivity contribution in [1.29, 1.82) is 0 Å². The Balaban J connectivity index is 1.55. The molecule has 0 bridgehead atoms. The molecule has 0 unspecified atom stereocenters. The van der Waals surface area contributed by atoms with Crippen molar-refractivity contribution in [2.45, 2.75) is 58.0 Å². The van der Waals surface area contributed by atoms with E-state index < -0.39 is 36.4 Å². The number of para-hydroxylation sites is 1. The van der Waals surface area contributed by atoms with E-state index in [-0.39, 0.29) is 43.6 Å². The molecule has 46 heavy (non-hydrogen) atoms. The number of aliphatic carboxylic acids is 1. The first kappa shape index (κ1) is 35.4. The molecule has 2 amide bonds. The molecule has 2 aromatic rings. The van der Waals surface area contributed by atoms with E-state index in [9.17, 15) is 29.7 Å². The predicted molar refractivity (Wildman–Crippen MR) is 180 cm³/mol. The molecule has 0 spiro atoms. The van der Waals surface area contributed by atoms with Gasteiger partial charge in [-0.1, -0.05) is 36.3 Å². The standard InChI is InChI=1S/C35H42INO9/c1-21(15-22-16-27(36)33(42)29(17-22)45-2)12-13-28(39)31-23(20-46-24-9-5-3-6-10-24)18-25-32(26(31)19-38)35(44)37(34(25)43)14-8-4-7-11-30(40)41/h3,5-6,9-10,15-17,25-26,28,32,38-39,42H,4,7-8,11-14,18-20H2,1-2H3,(H,40,41)/b21-15+/t25-,26+,28-,32-/m1/s1. The Kier molecular flexibility index (Phi) is 12.6. The van der Waals surface area contributed by atoms with Crippen molar-refractivity contribution in [2.75, 3.05) is 26.9 Å². The number of ether oxygens (including phenoxy) is 2. The van der Waals surface area contributed by atoms with Crippen molar-refractivity contribution >= 4 is 46.5 Å². The average molecular weight is 748 g/mol. The summed E-state index contributed by atoms with van der Waals surface area (Å²) in [5.41, 5.74) is 3.08. The normalized spacial score (nSPS) is 20.6. The van der Waals surface area contributed by atoms with E-state index in [0.29, 0.717) is 58.3 Å². The number of aliphatic hydroxyl groups is 2. The minimum atomic E-state index is -0.988. The first-order valence-corrected chi connectivity index (χ1v) is 16.6. The smallest absolute Gasteiger partial charge is 0.303 e. The summed E-state index contributed by atoms with van der Waals surface area (Å²) in [5, 5.41) is 41.4. The summed E-state index contributed by atoms with van der Waals surface area (Å²) in [7, 11) is 1.49. The van der Waals surface area contributed by atoms with Gasteiger partial charge in [0, 0.05) is 18.9 Å². The lowest BCUT2D eigenvalue weighted by Crippen LogP contribution is -2.40. The zero-order chi connectivity index (χ0) is 33.4. The van der Waals surface area contributed by atoms with Crippen molar-refractivity contribution in [3.63, 3.8) is 0 Å². The Bertz CT molecular complexity index is 1470. The summed E-state index contributed by atoms with van der Waals surface area (Å²) < 4.78 is 12.0. The Morgan fingerprint density at radius 2 is 1.85 bits per heavy atom. The molecule has 2 aromatic carbocycles. The molecular weight excluding hydrogens is 705 g/mol. The molecule has 1 heterocycles. The predicted octanol–water partition coefficient (Wildman–Crippen LogP) is 5.18. The van der Waals surface area contributed by atoms with Crippen molar-refractivity contribution in [2.24, 2.45) is 17.8 Å². The summed E-state index contributed by atoms with van der Waals surface area (Å²) in [6, 6.07) is 12.8. The van der Waals surface area contributed by atoms with Crippen LogP contribution in [0.1, 0.15) is 57.4 Å². The molecule has 0 aromatic heterocycles. The minimum Gasteiger partial charge on any atom is -0.504 e. The molecule has 4 N–H and O–H groups in total. The zero-order valence-electron chi connectivity index (χ0n) is 26.2. The molecular formula is C35H42INO9. The molecule has 2 aliphatic rings. The number of benzene rings is 2. The van der Waals surface area contributed by atoms with E-state index in [1.54, 1.807) is 6.07 Å². The summed E-state index contributed by atoms with van der Waals surface area (Å²) >= 11 is 2.04. The van der Waals surface area contributed by atoms with Gasteiger partial charge in [0.15, 0.2) is 11.5 Å². The Labute approximate surface area is 282 Å². The molecule has 11 heteroatoms. The molecule has 1 aliphatic carbocycles. The van der Waals surface area contributed by atoms with Crippen LogP contribution in [0.5, 0.6) is 17.2 Å². The van der Waals surface area contributed by atoms with Gasteiger partial charge in [-0.2, -0.15) is 0 Å². The summed E-state index contributed by atoms with van der Waals surface area (Å²) in [6.07, 6.45) is 3.61. The van der Waals surface area contributed by atoms with Gasteiger partial charge in [0.05, 0.1) is 35.2 Å². The number of imide groups is 1. The lowest BCUT2D eigenvalue weighted by atomic mass is 9.68. The summed E-state index contributed by atoms with van der Waals surface area (Å²) in [5.74, 6) is -2.66. The van der Waals surface area contributed by atoms with E-state index in [1.807, 2.05) is 72.0 Å². The van der Waals surface area contributed by atoms with E-state index in [1.165, 1.54) is 12.0 Å². The second-order valence-electron chi connectivity index (χ2n) is 11.9. The average Bonchev–Trinajstić information content (AvgIpc) is 3.27. The fourth-order valence-corrected chi connectivity index (χ4v) is 7.12. The van der Waals surface area contributed by atoms with Gasteiger partial charge in [-0.25, -0.2) is 0 Å². The highest BCUT2D eigenvalue weighted by Crippen LogP contribution is 2.46. The third-order valence-corrected chi connectivity index (χ3v) is 9.58. The van der Waals surface area contributed by atoms with Crippen LogP contribution in [0, 0.1) is 21.3 Å². The van der Waals surface area contributed by atoms with Gasteiger partial charge < -0.3 is 29.9 Å². The fourth-order valence-electron chi connectivity index (χ4n) is 6.50. The van der Waals surface area contributed by atoms with E-state index in [4.69, 9.17) is 14.6 Å². The number of likely N-dealkylation sites (tertiary alicyclic amines) is 1. The lowest BCUT2D eigenvalue weighted by molar-refractivity contribution is -0.141. The topological polar surface area (TPSA) is 154 Å². The highest BCUT2D eigenvalue weighted by atomic mass is 127. The van der Waals surface area contributed by atoms with Crippen LogP contribution in [0.2, 0.25) is 0 Å². The monoisotopic (exact) mass is 747 g/mol. The number of allylic oxidation sites excluding steroid dienone is 1. The Morgan fingerprint density at radius 3 is 2.52 bits per heavy atom. The number of halogens is 1. The van der Waals surface area contributed by atoms with Gasteiger partial charge in [0.1, 0.15) is 12.4 Å². The highest BCUT2D eigenvalue weighted by molar-refractivity contribution is 14.1. The molecule has 10 nitrogen and oxygen atoms in total. The number of fused-ring (bicyclic) bond motifs is 1. The van der Waals surface area contributed by atoms with Crippen molar-refractivity contribution in [1.82, 2.24) is 4.90 Å². The lowest BCUT2D eigenvalue weighted by Gasteiger charge is -2.36. The number of hydrogen-bond acceptors (Lipinski definition) is 8. The summed E-state index contributed by atoms with van der Waals surface area (Å²) in [6.45, 7) is 1.84. The number of carbonyl (C=O) groups excluding carboxylic acids is 2. The maximum Gasteiger partial charge on any atom is 0.303 e. The quantitative estimate of drug-likeness (QED) is 0.0788. The number of amides is 2. The van der Waals surface area contributed by atoms with Crippen LogP contribution in [0.25, 0.3) is 6.08 Å². The first-order chi connectivity index (χ1) is 22.0. The van der Waals surface area contributed by atoms with Crippen molar-refractivity contribution in [3.05, 3.63) is 68.3 Å². The van der Waals surface area contributed by atoms with E-state index in [2.05, 4.69) is 0 Å². The Hall–Kier alpha value is -3.42. The van der Waals surface area contributed by atoms with Crippen LogP contribution in [-0.2, 0) is 14.4 Å². The maximum absolute atomic E-state index is 13.6. The fraction of sp³-hybridized carbons (Fsp3) is 0.457. The molecule has 1 fully saturated rings. The van der Waals surface area contributed by atoms with Crippen LogP contribution >= 0.6 is 22.6 Å². The van der Waals surface area contributed by atoms with Gasteiger partial charge in [-0.15, -0.1) is 0 Å². The van der Waals surface area contributed by atoms with E-state index in [0.717, 1.165) is 11.1 Å². The van der Waals surface area contributed by atoms with Crippen LogP contribution in [-0.4, -0.2) is 76.1 Å². The van der Waals surface area contributed by atoms with Gasteiger partial charge in [0.25, 0.3) is 0 Å². The van der Waals surface area contributed by atoms with Crippen LogP contribution in [0.3, 0.4) is 0 Å². The van der Waals surface area contributed by atoms with Crippen molar-refractivity contribution in [3.8, 4) is 17.2 Å². The number of rotatable bonds is 16. The number of hydrogen-bond donors (Lipinski definition) is 4. The number of aliphatic hydroxyl groups excluding tert-OH is 2. The second kappa shape index (κ2) is 16.4. The number of phenols is 1. The molecule has 0 saturated carbocycles. The number of carboxylic acid groups (broad SMARTS) is 1. The van der Waals surface area contributed by atoms with Crippen LogP contribution in [0.4, 0.5) is 0 Å². The molecule has 1 saturated heterocycles. The van der Waals surface area contributed by atoms with Crippen molar-refractivity contribution < 1.29 is 44.3 Å². The van der Waals surface area contributed by atoms with Gasteiger partial charge >= 0.3 is 5.97 Å². The molecule has 248 valence electrons. The number of unbranched alkanes of at least 4 members (excludes halogenated alkanes) is 2. The third-order valence-electron chi connectivity index (χ3n) is 8.76. The van der Waals surface area contributed by atoms with Gasteiger partial charge in [-0.3, -0.25) is 19.3 Å². The maximum atomic E-state index is 13.6. The zero-order valence-corrected chi connectivity index (χ0v) is 28.3.